The van der Waals surface area contributed by atoms with Gasteiger partial charge in [-0.3, -0.25) is 9.69 Å². The Morgan fingerprint density at radius 2 is 1.90 bits per heavy atom. The van der Waals surface area contributed by atoms with Crippen molar-refractivity contribution in [1.82, 2.24) is 15.1 Å². The summed E-state index contributed by atoms with van der Waals surface area (Å²) in [6.07, 6.45) is 1.03. The van der Waals surface area contributed by atoms with Gasteiger partial charge in [0.25, 0.3) is 5.91 Å². The summed E-state index contributed by atoms with van der Waals surface area (Å²) in [7, 11) is 0. The number of nitrogens with zero attached hydrogens (tertiary/aromatic N) is 2. The second-order valence-electron chi connectivity index (χ2n) is 6.33. The van der Waals surface area contributed by atoms with Gasteiger partial charge in [0.05, 0.1) is 0 Å². The van der Waals surface area contributed by atoms with Crippen LogP contribution in [0.1, 0.15) is 35.3 Å². The van der Waals surface area contributed by atoms with Gasteiger partial charge in [-0.15, -0.1) is 0 Å². The van der Waals surface area contributed by atoms with Gasteiger partial charge in [-0.05, 0) is 50.1 Å². The minimum absolute atomic E-state index is 0.194. The Kier molecular flexibility index (Phi) is 4.27. The molecule has 2 aliphatic rings. The van der Waals surface area contributed by atoms with E-state index in [1.807, 2.05) is 11.0 Å². The number of fused-ring (bicyclic) bond motifs is 1. The van der Waals surface area contributed by atoms with Crippen LogP contribution in [0.15, 0.2) is 18.2 Å². The number of hydrogen-bond donors (Lipinski definition) is 1. The molecule has 0 radical (unpaired) electrons. The van der Waals surface area contributed by atoms with Gasteiger partial charge >= 0.3 is 0 Å². The molecule has 21 heavy (non-hydrogen) atoms. The van der Waals surface area contributed by atoms with Crippen molar-refractivity contribution in [3.63, 3.8) is 0 Å². The Balaban J connectivity index is 1.68. The highest BCUT2D eigenvalue weighted by Gasteiger charge is 2.23. The first kappa shape index (κ1) is 14.5. The zero-order chi connectivity index (χ0) is 14.8. The van der Waals surface area contributed by atoms with Crippen LogP contribution in [-0.2, 0) is 13.0 Å². The lowest BCUT2D eigenvalue weighted by Gasteiger charge is -2.37. The molecule has 0 bridgehead atoms. The molecule has 1 aromatic rings. The highest BCUT2D eigenvalue weighted by Crippen LogP contribution is 2.18. The van der Waals surface area contributed by atoms with Crippen molar-refractivity contribution in [1.29, 1.82) is 0 Å². The van der Waals surface area contributed by atoms with Crippen molar-refractivity contribution in [2.45, 2.75) is 32.9 Å². The van der Waals surface area contributed by atoms with Crippen LogP contribution in [0.3, 0.4) is 0 Å². The van der Waals surface area contributed by atoms with E-state index in [0.29, 0.717) is 6.04 Å². The Hall–Kier alpha value is -1.39. The number of hydrogen-bond acceptors (Lipinski definition) is 3. The molecule has 0 spiro atoms. The number of rotatable bonds is 2. The van der Waals surface area contributed by atoms with E-state index in [9.17, 15) is 4.79 Å². The summed E-state index contributed by atoms with van der Waals surface area (Å²) in [5.41, 5.74) is 3.52. The minimum Gasteiger partial charge on any atom is -0.336 e. The maximum absolute atomic E-state index is 12.7. The third-order valence-electron chi connectivity index (χ3n) is 4.67. The number of piperazine rings is 1. The standard InChI is InChI=1S/C17H25N3O/c1-13(2)19-7-9-20(10-8-19)17(21)15-3-4-16-12-18-6-5-14(16)11-15/h3-4,11,13,18H,5-10,12H2,1-2H3. The molecule has 1 saturated heterocycles. The van der Waals surface area contributed by atoms with Gasteiger partial charge in [-0.1, -0.05) is 6.07 Å². The summed E-state index contributed by atoms with van der Waals surface area (Å²) < 4.78 is 0. The smallest absolute Gasteiger partial charge is 0.253 e. The topological polar surface area (TPSA) is 35.6 Å². The molecule has 1 fully saturated rings. The van der Waals surface area contributed by atoms with Gasteiger partial charge in [0, 0.05) is 44.3 Å². The lowest BCUT2D eigenvalue weighted by Crippen LogP contribution is -2.50. The number of amides is 1. The summed E-state index contributed by atoms with van der Waals surface area (Å²) >= 11 is 0. The fraction of sp³-hybridized carbons (Fsp3) is 0.588. The van der Waals surface area contributed by atoms with Gasteiger partial charge in [-0.2, -0.15) is 0 Å². The van der Waals surface area contributed by atoms with E-state index in [1.54, 1.807) is 0 Å². The molecule has 0 atom stereocenters. The van der Waals surface area contributed by atoms with Gasteiger partial charge in [0.1, 0.15) is 0 Å². The van der Waals surface area contributed by atoms with Gasteiger partial charge < -0.3 is 10.2 Å². The van der Waals surface area contributed by atoms with Crippen LogP contribution in [0.2, 0.25) is 0 Å². The van der Waals surface area contributed by atoms with Crippen LogP contribution < -0.4 is 5.32 Å². The Morgan fingerprint density at radius 1 is 1.14 bits per heavy atom. The average Bonchev–Trinajstić information content (AvgIpc) is 2.54. The molecule has 0 unspecified atom stereocenters. The molecule has 0 saturated carbocycles. The molecule has 4 nitrogen and oxygen atoms in total. The molecule has 2 aliphatic heterocycles. The SMILES string of the molecule is CC(C)N1CCN(C(=O)c2ccc3c(c2)CCNC3)CC1. The van der Waals surface area contributed by atoms with Crippen molar-refractivity contribution in [3.8, 4) is 0 Å². The van der Waals surface area contributed by atoms with Crippen LogP contribution in [-0.4, -0.2) is 54.5 Å². The second-order valence-corrected chi connectivity index (χ2v) is 6.33. The molecule has 1 aromatic carbocycles. The molecule has 114 valence electrons. The van der Waals surface area contributed by atoms with Gasteiger partial charge in [0.15, 0.2) is 0 Å². The van der Waals surface area contributed by atoms with Crippen LogP contribution in [0, 0.1) is 0 Å². The summed E-state index contributed by atoms with van der Waals surface area (Å²) in [5, 5.41) is 3.37. The molecular weight excluding hydrogens is 262 g/mol. The van der Waals surface area contributed by atoms with E-state index in [0.717, 1.165) is 51.3 Å². The third-order valence-corrected chi connectivity index (χ3v) is 4.67. The maximum Gasteiger partial charge on any atom is 0.253 e. The highest BCUT2D eigenvalue weighted by atomic mass is 16.2. The van der Waals surface area contributed by atoms with Crippen LogP contribution in [0.4, 0.5) is 0 Å². The molecule has 2 heterocycles. The van der Waals surface area contributed by atoms with Crippen molar-refractivity contribution >= 4 is 5.91 Å². The highest BCUT2D eigenvalue weighted by molar-refractivity contribution is 5.94. The van der Waals surface area contributed by atoms with Crippen LogP contribution in [0.5, 0.6) is 0 Å². The molecule has 0 aromatic heterocycles. The fourth-order valence-electron chi connectivity index (χ4n) is 3.23. The third kappa shape index (κ3) is 3.11. The number of carbonyl (C=O) groups is 1. The van der Waals surface area contributed by atoms with Crippen molar-refractivity contribution < 1.29 is 4.79 Å². The monoisotopic (exact) mass is 287 g/mol. The number of carbonyl (C=O) groups excluding carboxylic acids is 1. The first-order chi connectivity index (χ1) is 10.1. The summed E-state index contributed by atoms with van der Waals surface area (Å²) in [4.78, 5) is 17.1. The van der Waals surface area contributed by atoms with E-state index in [4.69, 9.17) is 0 Å². The number of nitrogens with one attached hydrogen (secondary N) is 1. The zero-order valence-corrected chi connectivity index (χ0v) is 13.1. The molecule has 1 N–H and O–H groups in total. The first-order valence-corrected chi connectivity index (χ1v) is 8.01. The Morgan fingerprint density at radius 3 is 2.62 bits per heavy atom. The molecule has 1 amide bonds. The fourth-order valence-corrected chi connectivity index (χ4v) is 3.23. The quantitative estimate of drug-likeness (QED) is 0.895. The van der Waals surface area contributed by atoms with E-state index in [1.165, 1.54) is 11.1 Å². The van der Waals surface area contributed by atoms with Crippen molar-refractivity contribution in [2.75, 3.05) is 32.7 Å². The zero-order valence-electron chi connectivity index (χ0n) is 13.1. The Labute approximate surface area is 127 Å². The predicted octanol–water partition coefficient (Wildman–Crippen LogP) is 1.50. The van der Waals surface area contributed by atoms with E-state index in [-0.39, 0.29) is 5.91 Å². The summed E-state index contributed by atoms with van der Waals surface area (Å²) in [6, 6.07) is 6.77. The molecule has 3 rings (SSSR count). The number of benzene rings is 1. The van der Waals surface area contributed by atoms with E-state index >= 15 is 0 Å². The molecule has 4 heteroatoms. The maximum atomic E-state index is 12.7. The molecular formula is C17H25N3O. The van der Waals surface area contributed by atoms with Crippen LogP contribution >= 0.6 is 0 Å². The summed E-state index contributed by atoms with van der Waals surface area (Å²) in [6.45, 7) is 10.0. The van der Waals surface area contributed by atoms with Gasteiger partial charge in [-0.25, -0.2) is 0 Å². The van der Waals surface area contributed by atoms with Crippen molar-refractivity contribution in [2.24, 2.45) is 0 Å². The molecule has 0 aliphatic carbocycles. The second kappa shape index (κ2) is 6.16. The average molecular weight is 287 g/mol. The van der Waals surface area contributed by atoms with Gasteiger partial charge in [0.2, 0.25) is 0 Å². The van der Waals surface area contributed by atoms with Crippen molar-refractivity contribution in [3.05, 3.63) is 34.9 Å². The first-order valence-electron chi connectivity index (χ1n) is 8.01. The predicted molar refractivity (Wildman–Crippen MR) is 84.5 cm³/mol. The Bertz CT molecular complexity index is 519. The van der Waals surface area contributed by atoms with Crippen LogP contribution in [0.25, 0.3) is 0 Å². The minimum atomic E-state index is 0.194. The lowest BCUT2D eigenvalue weighted by molar-refractivity contribution is 0.0595. The normalized spacial score (nSPS) is 19.7. The van der Waals surface area contributed by atoms with E-state index < -0.39 is 0 Å². The van der Waals surface area contributed by atoms with E-state index in [2.05, 4.69) is 36.2 Å². The largest absolute Gasteiger partial charge is 0.336 e. The lowest BCUT2D eigenvalue weighted by atomic mass is 9.98. The summed E-state index contributed by atoms with van der Waals surface area (Å²) in [5.74, 6) is 0.194.